The summed E-state index contributed by atoms with van der Waals surface area (Å²) in [6.07, 6.45) is 3.32. The molecule has 2 heterocycles. The number of aryl methyl sites for hydroxylation is 1. The van der Waals surface area contributed by atoms with E-state index in [4.69, 9.17) is 10.9 Å². The van der Waals surface area contributed by atoms with E-state index in [0.29, 0.717) is 17.6 Å². The number of nitrogens with two attached hydrogens (primary N) is 1. The van der Waals surface area contributed by atoms with Crippen LogP contribution in [0.15, 0.2) is 5.16 Å². The number of rotatable bonds is 3. The molecule has 6 nitrogen and oxygen atoms in total. The molecule has 2 rings (SSSR count). The molecular weight excluding hydrogens is 254 g/mol. The number of hydrogen-bond acceptors (Lipinski definition) is 5. The van der Waals surface area contributed by atoms with E-state index in [9.17, 15) is 0 Å². The minimum absolute atomic E-state index is 0.101. The Morgan fingerprint density at radius 1 is 1.40 bits per heavy atom. The molecule has 0 spiro atoms. The molecule has 0 saturated carbocycles. The third kappa shape index (κ3) is 2.30. The van der Waals surface area contributed by atoms with Gasteiger partial charge in [0.25, 0.3) is 0 Å². The van der Waals surface area contributed by atoms with Crippen molar-refractivity contribution in [3.63, 3.8) is 0 Å². The van der Waals surface area contributed by atoms with Crippen LogP contribution in [-0.4, -0.2) is 33.3 Å². The largest absolute Gasteiger partial charge is 0.409 e. The summed E-state index contributed by atoms with van der Waals surface area (Å²) in [4.78, 5) is 2.27. The van der Waals surface area contributed by atoms with Crippen molar-refractivity contribution in [2.24, 2.45) is 10.9 Å². The van der Waals surface area contributed by atoms with Crippen LogP contribution >= 0.6 is 0 Å². The highest BCUT2D eigenvalue weighted by Gasteiger charge is 2.33. The number of oxime groups is 1. The van der Waals surface area contributed by atoms with Gasteiger partial charge < -0.3 is 15.8 Å². The molecule has 3 N–H and O–H groups in total. The van der Waals surface area contributed by atoms with E-state index in [-0.39, 0.29) is 5.84 Å². The summed E-state index contributed by atoms with van der Waals surface area (Å²) in [6.45, 7) is 8.17. The average molecular weight is 277 g/mol. The van der Waals surface area contributed by atoms with Crippen LogP contribution in [0.3, 0.4) is 0 Å². The first kappa shape index (κ1) is 14.6. The molecule has 1 aliphatic rings. The fraction of sp³-hybridized carbons (Fsp3) is 0.643. The topological polar surface area (TPSA) is 87.6 Å². The molecule has 0 bridgehead atoms. The normalized spacial score (nSPS) is 23.4. The molecule has 2 unspecified atom stereocenters. The second-order valence-electron chi connectivity index (χ2n) is 5.49. The fourth-order valence-electron chi connectivity index (χ4n) is 2.99. The van der Waals surface area contributed by atoms with E-state index >= 15 is 0 Å². The lowest BCUT2D eigenvalue weighted by atomic mass is 10.1. The van der Waals surface area contributed by atoms with Gasteiger partial charge in [-0.1, -0.05) is 12.1 Å². The molecule has 0 amide bonds. The lowest BCUT2D eigenvalue weighted by molar-refractivity contribution is 0.318. The minimum atomic E-state index is 0.101. The second kappa shape index (κ2) is 5.64. The maximum atomic E-state index is 9.06. The van der Waals surface area contributed by atoms with Gasteiger partial charge in [0.1, 0.15) is 0 Å². The molecule has 1 aliphatic heterocycles. The zero-order chi connectivity index (χ0) is 14.9. The quantitative estimate of drug-likeness (QED) is 0.381. The smallest absolute Gasteiger partial charge is 0.174 e. The van der Waals surface area contributed by atoms with Crippen LogP contribution in [0.25, 0.3) is 0 Å². The predicted molar refractivity (Wildman–Crippen MR) is 79.3 cm³/mol. The summed E-state index contributed by atoms with van der Waals surface area (Å²) in [7, 11) is 0. The standard InChI is InChI=1S/C14H23N5O/c1-5-11-7-6-8(2)19(11)14-12(13(15)18-20)9(3)10(4)16-17-14/h8,11,20H,5-7H2,1-4H3,(H2,15,18). The summed E-state index contributed by atoms with van der Waals surface area (Å²) in [5, 5.41) is 20.8. The lowest BCUT2D eigenvalue weighted by Crippen LogP contribution is -2.37. The van der Waals surface area contributed by atoms with Gasteiger partial charge in [-0.25, -0.2) is 0 Å². The average Bonchev–Trinajstić information content (AvgIpc) is 2.82. The predicted octanol–water partition coefficient (Wildman–Crippen LogP) is 1.96. The van der Waals surface area contributed by atoms with Crippen molar-refractivity contribution in [1.29, 1.82) is 0 Å². The van der Waals surface area contributed by atoms with E-state index in [1.54, 1.807) is 0 Å². The van der Waals surface area contributed by atoms with Gasteiger partial charge in [0, 0.05) is 12.1 Å². The van der Waals surface area contributed by atoms with E-state index < -0.39 is 0 Å². The summed E-state index contributed by atoms with van der Waals surface area (Å²) in [5.74, 6) is 0.838. The Morgan fingerprint density at radius 3 is 2.70 bits per heavy atom. The van der Waals surface area contributed by atoms with E-state index in [1.165, 1.54) is 0 Å². The third-order valence-corrected chi connectivity index (χ3v) is 4.30. The summed E-state index contributed by atoms with van der Waals surface area (Å²) >= 11 is 0. The molecular formula is C14H23N5O. The zero-order valence-electron chi connectivity index (χ0n) is 12.6. The molecule has 110 valence electrons. The van der Waals surface area contributed by atoms with Crippen LogP contribution in [0.1, 0.15) is 49.9 Å². The Bertz CT molecular complexity index is 529. The summed E-state index contributed by atoms with van der Waals surface area (Å²) in [5.41, 5.74) is 8.29. The van der Waals surface area contributed by atoms with Crippen LogP contribution in [0.5, 0.6) is 0 Å². The van der Waals surface area contributed by atoms with Gasteiger partial charge in [0.15, 0.2) is 11.7 Å². The molecule has 0 aliphatic carbocycles. The third-order valence-electron chi connectivity index (χ3n) is 4.30. The maximum Gasteiger partial charge on any atom is 0.174 e. The van der Waals surface area contributed by atoms with E-state index in [1.807, 2.05) is 13.8 Å². The van der Waals surface area contributed by atoms with Crippen molar-refractivity contribution in [1.82, 2.24) is 10.2 Å². The molecule has 1 aromatic heterocycles. The van der Waals surface area contributed by atoms with Crippen LogP contribution < -0.4 is 10.6 Å². The number of nitrogens with zero attached hydrogens (tertiary/aromatic N) is 4. The Labute approximate surface area is 119 Å². The van der Waals surface area contributed by atoms with Crippen LogP contribution in [0.2, 0.25) is 0 Å². The number of anilines is 1. The van der Waals surface area contributed by atoms with Crippen molar-refractivity contribution >= 4 is 11.7 Å². The number of amidine groups is 1. The van der Waals surface area contributed by atoms with Crippen LogP contribution in [-0.2, 0) is 0 Å². The molecule has 2 atom stereocenters. The van der Waals surface area contributed by atoms with Crippen molar-refractivity contribution in [3.05, 3.63) is 16.8 Å². The first-order chi connectivity index (χ1) is 9.51. The molecule has 0 radical (unpaired) electrons. The SMILES string of the molecule is CCC1CCC(C)N1c1nnc(C)c(C)c1C(N)=NO. The Balaban J connectivity index is 2.59. The number of hydrogen-bond donors (Lipinski definition) is 2. The van der Waals surface area contributed by atoms with Gasteiger partial charge in [-0.2, -0.15) is 5.10 Å². The Morgan fingerprint density at radius 2 is 2.10 bits per heavy atom. The molecule has 6 heteroatoms. The Kier molecular flexibility index (Phi) is 4.11. The van der Waals surface area contributed by atoms with Gasteiger partial charge >= 0.3 is 0 Å². The first-order valence-electron chi connectivity index (χ1n) is 7.11. The van der Waals surface area contributed by atoms with Crippen molar-refractivity contribution in [3.8, 4) is 0 Å². The monoisotopic (exact) mass is 277 g/mol. The fourth-order valence-corrected chi connectivity index (χ4v) is 2.99. The zero-order valence-corrected chi connectivity index (χ0v) is 12.6. The van der Waals surface area contributed by atoms with Gasteiger partial charge in [0.2, 0.25) is 0 Å². The molecule has 1 fully saturated rings. The Hall–Kier alpha value is -1.85. The highest BCUT2D eigenvalue weighted by molar-refractivity contribution is 6.03. The summed E-state index contributed by atoms with van der Waals surface area (Å²) in [6, 6.07) is 0.827. The second-order valence-corrected chi connectivity index (χ2v) is 5.49. The molecule has 1 aromatic rings. The van der Waals surface area contributed by atoms with Gasteiger partial charge in [-0.05, 0) is 45.6 Å². The lowest BCUT2D eigenvalue weighted by Gasteiger charge is -2.30. The van der Waals surface area contributed by atoms with E-state index in [2.05, 4.69) is 34.1 Å². The van der Waals surface area contributed by atoms with Gasteiger partial charge in [0.05, 0.1) is 11.3 Å². The molecule has 0 aromatic carbocycles. The highest BCUT2D eigenvalue weighted by atomic mass is 16.4. The first-order valence-corrected chi connectivity index (χ1v) is 7.11. The van der Waals surface area contributed by atoms with Crippen LogP contribution in [0.4, 0.5) is 5.82 Å². The van der Waals surface area contributed by atoms with Gasteiger partial charge in [-0.15, -0.1) is 5.10 Å². The highest BCUT2D eigenvalue weighted by Crippen LogP contribution is 2.33. The van der Waals surface area contributed by atoms with Gasteiger partial charge in [-0.3, -0.25) is 0 Å². The van der Waals surface area contributed by atoms with E-state index in [0.717, 1.165) is 36.3 Å². The number of aromatic nitrogens is 2. The van der Waals surface area contributed by atoms with Crippen LogP contribution in [0, 0.1) is 13.8 Å². The van der Waals surface area contributed by atoms with Crippen molar-refractivity contribution in [2.45, 2.75) is 59.0 Å². The molecule has 20 heavy (non-hydrogen) atoms. The maximum absolute atomic E-state index is 9.06. The molecule has 1 saturated heterocycles. The minimum Gasteiger partial charge on any atom is -0.409 e. The van der Waals surface area contributed by atoms with Crippen molar-refractivity contribution < 1.29 is 5.21 Å². The van der Waals surface area contributed by atoms with Crippen molar-refractivity contribution in [2.75, 3.05) is 4.90 Å². The summed E-state index contributed by atoms with van der Waals surface area (Å²) < 4.78 is 0.